The third kappa shape index (κ3) is 5.81. The molecule has 0 aliphatic heterocycles. The van der Waals surface area contributed by atoms with Crippen molar-refractivity contribution in [3.8, 4) is 22.6 Å². The van der Waals surface area contributed by atoms with Crippen LogP contribution < -0.4 is 16.6 Å². The van der Waals surface area contributed by atoms with Gasteiger partial charge in [0.15, 0.2) is 11.9 Å². The van der Waals surface area contributed by atoms with Crippen LogP contribution in [0.25, 0.3) is 27.8 Å². The molecule has 0 radical (unpaired) electrons. The van der Waals surface area contributed by atoms with Gasteiger partial charge in [-0.15, -0.1) is 0 Å². The van der Waals surface area contributed by atoms with Gasteiger partial charge in [-0.25, -0.2) is 23.5 Å². The highest BCUT2D eigenvalue weighted by atomic mass is 19.1. The average molecular weight is 575 g/mol. The second kappa shape index (κ2) is 11.2. The predicted molar refractivity (Wildman–Crippen MR) is 155 cm³/mol. The van der Waals surface area contributed by atoms with Crippen molar-refractivity contribution < 1.29 is 23.8 Å². The van der Waals surface area contributed by atoms with Crippen LogP contribution in [-0.4, -0.2) is 43.2 Å². The molecule has 0 atom stereocenters. The number of aldehydes is 1. The van der Waals surface area contributed by atoms with E-state index in [0.29, 0.717) is 54.3 Å². The number of alkyl carbamates (subject to hydrolysis) is 1. The van der Waals surface area contributed by atoms with Gasteiger partial charge in [-0.3, -0.25) is 14.2 Å². The number of pyridine rings is 1. The molecule has 1 amide bonds. The van der Waals surface area contributed by atoms with E-state index in [1.54, 1.807) is 45.0 Å². The molecule has 11 heteroatoms. The Kier molecular flexibility index (Phi) is 7.68. The van der Waals surface area contributed by atoms with E-state index in [9.17, 15) is 28.7 Å². The van der Waals surface area contributed by atoms with Crippen molar-refractivity contribution in [2.75, 3.05) is 0 Å². The van der Waals surface area contributed by atoms with E-state index in [2.05, 4.69) is 10.3 Å². The maximum atomic E-state index is 14.3. The number of benzene rings is 2. The summed E-state index contributed by atoms with van der Waals surface area (Å²) in [5, 5.41) is 12.8. The summed E-state index contributed by atoms with van der Waals surface area (Å²) >= 11 is 0. The number of aromatic nitrogens is 3. The second-order valence-corrected chi connectivity index (χ2v) is 11.4. The van der Waals surface area contributed by atoms with Crippen molar-refractivity contribution in [3.05, 3.63) is 86.9 Å². The molecule has 2 N–H and O–H groups in total. The van der Waals surface area contributed by atoms with Crippen LogP contribution in [0.15, 0.2) is 64.3 Å². The fourth-order valence-electron chi connectivity index (χ4n) is 5.40. The molecule has 0 saturated heterocycles. The van der Waals surface area contributed by atoms with E-state index in [1.807, 2.05) is 0 Å². The SMILES string of the molecule is CC(C)(C)OC(=O)N[C@H]1CC[C@@H](n2c(=O)c3cc(F)cnc3n(-c3cccc(-c4cc(O)ccc4C=O)c3)c2=O)CC1. The van der Waals surface area contributed by atoms with Crippen molar-refractivity contribution >= 4 is 23.4 Å². The van der Waals surface area contributed by atoms with E-state index in [-0.39, 0.29) is 22.8 Å². The molecule has 0 bridgehead atoms. The zero-order chi connectivity index (χ0) is 30.2. The predicted octanol–water partition coefficient (Wildman–Crippen LogP) is 4.88. The number of nitrogens with zero attached hydrogens (tertiary/aromatic N) is 3. The Morgan fingerprint density at radius 1 is 1.10 bits per heavy atom. The lowest BCUT2D eigenvalue weighted by atomic mass is 9.91. The zero-order valence-electron chi connectivity index (χ0n) is 23.5. The maximum absolute atomic E-state index is 14.3. The number of amides is 1. The van der Waals surface area contributed by atoms with Crippen molar-refractivity contribution in [2.24, 2.45) is 0 Å². The van der Waals surface area contributed by atoms with E-state index >= 15 is 0 Å². The number of aromatic hydroxyl groups is 1. The summed E-state index contributed by atoms with van der Waals surface area (Å²) in [6.45, 7) is 5.33. The molecule has 1 aliphatic rings. The normalized spacial score (nSPS) is 17.1. The molecule has 42 heavy (non-hydrogen) atoms. The van der Waals surface area contributed by atoms with Gasteiger partial charge in [0, 0.05) is 17.6 Å². The molecule has 1 saturated carbocycles. The molecule has 10 nitrogen and oxygen atoms in total. The first-order valence-corrected chi connectivity index (χ1v) is 13.7. The highest BCUT2D eigenvalue weighted by molar-refractivity contribution is 5.88. The largest absolute Gasteiger partial charge is 0.508 e. The Morgan fingerprint density at radius 2 is 1.83 bits per heavy atom. The minimum absolute atomic E-state index is 0.00778. The third-order valence-electron chi connectivity index (χ3n) is 7.25. The Labute approximate surface area is 240 Å². The van der Waals surface area contributed by atoms with Gasteiger partial charge in [-0.05, 0) is 94.0 Å². The number of fused-ring (bicyclic) bond motifs is 1. The zero-order valence-corrected chi connectivity index (χ0v) is 23.5. The van der Waals surface area contributed by atoms with Gasteiger partial charge >= 0.3 is 11.8 Å². The Bertz CT molecular complexity index is 1800. The monoisotopic (exact) mass is 574 g/mol. The third-order valence-corrected chi connectivity index (χ3v) is 7.25. The number of hydrogen-bond donors (Lipinski definition) is 2. The lowest BCUT2D eigenvalue weighted by molar-refractivity contribution is 0.0487. The fourth-order valence-corrected chi connectivity index (χ4v) is 5.40. The summed E-state index contributed by atoms with van der Waals surface area (Å²) in [7, 11) is 0. The molecular formula is C31H31FN4O6. The van der Waals surface area contributed by atoms with Crippen molar-refractivity contribution in [1.82, 2.24) is 19.4 Å². The van der Waals surface area contributed by atoms with Crippen LogP contribution in [0.1, 0.15) is 62.9 Å². The van der Waals surface area contributed by atoms with E-state index < -0.39 is 34.8 Å². The second-order valence-electron chi connectivity index (χ2n) is 11.4. The number of hydrogen-bond acceptors (Lipinski definition) is 7. The minimum Gasteiger partial charge on any atom is -0.508 e. The first-order chi connectivity index (χ1) is 19.9. The van der Waals surface area contributed by atoms with Crippen molar-refractivity contribution in [3.63, 3.8) is 0 Å². The summed E-state index contributed by atoms with van der Waals surface area (Å²) < 4.78 is 22.1. The Balaban J connectivity index is 1.56. The van der Waals surface area contributed by atoms with E-state index in [0.717, 1.165) is 16.8 Å². The highest BCUT2D eigenvalue weighted by Crippen LogP contribution is 2.30. The molecular weight excluding hydrogens is 543 g/mol. The number of rotatable bonds is 5. The van der Waals surface area contributed by atoms with Crippen LogP contribution in [0.2, 0.25) is 0 Å². The smallest absolute Gasteiger partial charge is 0.407 e. The molecule has 1 fully saturated rings. The molecule has 218 valence electrons. The summed E-state index contributed by atoms with van der Waals surface area (Å²) in [6.07, 6.45) is 2.96. The van der Waals surface area contributed by atoms with Crippen LogP contribution in [0.3, 0.4) is 0 Å². The van der Waals surface area contributed by atoms with Crippen LogP contribution in [-0.2, 0) is 4.74 Å². The molecule has 5 rings (SSSR count). The van der Waals surface area contributed by atoms with E-state index in [4.69, 9.17) is 4.74 Å². The molecule has 2 aromatic heterocycles. The standard InChI is InChI=1S/C31H31FN4O6/c1-31(2,3)42-29(40)34-21-8-10-22(11-9-21)36-28(39)26-14-20(32)16-33-27(26)35(30(36)41)23-6-4-5-18(13-23)25-15-24(38)12-7-19(25)17-37/h4-7,12-17,21-22,38H,8-11H2,1-3H3,(H,34,40)/t21-,22+. The quantitative estimate of drug-likeness (QED) is 0.325. The minimum atomic E-state index is -0.717. The average Bonchev–Trinajstić information content (AvgIpc) is 2.93. The number of carbonyl (C=O) groups excluding carboxylic acids is 2. The summed E-state index contributed by atoms with van der Waals surface area (Å²) in [4.78, 5) is 55.7. The van der Waals surface area contributed by atoms with Crippen LogP contribution >= 0.6 is 0 Å². The molecule has 2 aromatic carbocycles. The van der Waals surface area contributed by atoms with Gasteiger partial charge in [0.25, 0.3) is 5.56 Å². The molecule has 1 aliphatic carbocycles. The van der Waals surface area contributed by atoms with Crippen LogP contribution in [0, 0.1) is 5.82 Å². The van der Waals surface area contributed by atoms with Crippen LogP contribution in [0.5, 0.6) is 5.75 Å². The Hall–Kier alpha value is -4.80. The molecule has 2 heterocycles. The Morgan fingerprint density at radius 3 is 2.52 bits per heavy atom. The van der Waals surface area contributed by atoms with Crippen molar-refractivity contribution in [2.45, 2.75) is 64.1 Å². The van der Waals surface area contributed by atoms with Crippen molar-refractivity contribution in [1.29, 1.82) is 0 Å². The first kappa shape index (κ1) is 28.7. The number of nitrogens with one attached hydrogen (secondary N) is 1. The highest BCUT2D eigenvalue weighted by Gasteiger charge is 2.29. The molecule has 0 spiro atoms. The topological polar surface area (TPSA) is 133 Å². The summed E-state index contributed by atoms with van der Waals surface area (Å²) in [5.41, 5.74) is -0.257. The maximum Gasteiger partial charge on any atom is 0.407 e. The molecule has 0 unspecified atom stereocenters. The summed E-state index contributed by atoms with van der Waals surface area (Å²) in [6, 6.07) is 11.4. The van der Waals surface area contributed by atoms with Gasteiger partial charge in [-0.1, -0.05) is 12.1 Å². The number of phenolic OH excluding ortho intramolecular Hbond substituents is 1. The number of phenols is 1. The van der Waals surface area contributed by atoms with Crippen LogP contribution in [0.4, 0.5) is 9.18 Å². The fraction of sp³-hybridized carbons (Fsp3) is 0.323. The van der Waals surface area contributed by atoms with Gasteiger partial charge < -0.3 is 15.2 Å². The summed E-state index contributed by atoms with van der Waals surface area (Å²) in [5.74, 6) is -0.753. The number of halogens is 1. The number of ether oxygens (including phenoxy) is 1. The number of carbonyl (C=O) groups is 2. The van der Waals surface area contributed by atoms with Gasteiger partial charge in [-0.2, -0.15) is 0 Å². The van der Waals surface area contributed by atoms with Gasteiger partial charge in [0.05, 0.1) is 17.3 Å². The van der Waals surface area contributed by atoms with Gasteiger partial charge in [0.1, 0.15) is 17.2 Å². The lowest BCUT2D eigenvalue weighted by Crippen LogP contribution is -2.45. The lowest BCUT2D eigenvalue weighted by Gasteiger charge is -2.31. The molecule has 4 aromatic rings. The van der Waals surface area contributed by atoms with Gasteiger partial charge in [0.2, 0.25) is 0 Å². The first-order valence-electron chi connectivity index (χ1n) is 13.7. The van der Waals surface area contributed by atoms with E-state index in [1.165, 1.54) is 22.8 Å².